The van der Waals surface area contributed by atoms with Crippen LogP contribution in [0.1, 0.15) is 30.2 Å². The van der Waals surface area contributed by atoms with Crippen LogP contribution < -0.4 is 11.3 Å². The lowest BCUT2D eigenvalue weighted by Crippen LogP contribution is -2.36. The summed E-state index contributed by atoms with van der Waals surface area (Å²) in [5.41, 5.74) is 4.18. The van der Waals surface area contributed by atoms with Gasteiger partial charge < -0.3 is 0 Å². The summed E-state index contributed by atoms with van der Waals surface area (Å²) in [7, 11) is 0. The van der Waals surface area contributed by atoms with Crippen LogP contribution in [0.4, 0.5) is 0 Å². The van der Waals surface area contributed by atoms with Crippen molar-refractivity contribution in [1.82, 2.24) is 15.2 Å². The molecule has 0 aliphatic rings. The Labute approximate surface area is 118 Å². The van der Waals surface area contributed by atoms with Gasteiger partial charge in [-0.25, -0.2) is 0 Å². The Morgan fingerprint density at radius 3 is 3.05 bits per heavy atom. The number of hydrazine groups is 1. The fraction of sp³-hybridized carbons (Fsp3) is 0.500. The molecule has 0 bridgehead atoms. The predicted molar refractivity (Wildman–Crippen MR) is 80.0 cm³/mol. The van der Waals surface area contributed by atoms with E-state index < -0.39 is 0 Å². The van der Waals surface area contributed by atoms with Crippen LogP contribution in [0.15, 0.2) is 29.9 Å². The van der Waals surface area contributed by atoms with Gasteiger partial charge in [0.2, 0.25) is 0 Å². The van der Waals surface area contributed by atoms with E-state index in [-0.39, 0.29) is 0 Å². The number of rotatable bonds is 8. The zero-order valence-electron chi connectivity index (χ0n) is 11.4. The van der Waals surface area contributed by atoms with E-state index in [9.17, 15) is 0 Å². The first-order valence-electron chi connectivity index (χ1n) is 6.81. The van der Waals surface area contributed by atoms with E-state index in [0.29, 0.717) is 6.04 Å². The molecule has 0 aromatic carbocycles. The maximum absolute atomic E-state index is 5.64. The number of hydrogen-bond donors (Lipinski definition) is 2. The van der Waals surface area contributed by atoms with Gasteiger partial charge in [-0.2, -0.15) is 5.10 Å². The van der Waals surface area contributed by atoms with Gasteiger partial charge in [0.05, 0.1) is 6.20 Å². The third kappa shape index (κ3) is 4.45. The molecule has 2 aromatic heterocycles. The number of nitrogens with two attached hydrogens (primary N) is 1. The molecule has 0 saturated heterocycles. The van der Waals surface area contributed by atoms with E-state index in [0.717, 1.165) is 32.2 Å². The molecule has 0 amide bonds. The molecule has 0 spiro atoms. The number of aryl methyl sites for hydroxylation is 2. The summed E-state index contributed by atoms with van der Waals surface area (Å²) in [5.74, 6) is 5.64. The molecule has 0 radical (unpaired) electrons. The maximum atomic E-state index is 5.64. The van der Waals surface area contributed by atoms with Gasteiger partial charge in [-0.1, -0.05) is 6.07 Å². The van der Waals surface area contributed by atoms with Crippen LogP contribution in [0.5, 0.6) is 0 Å². The smallest absolute Gasteiger partial charge is 0.0522 e. The third-order valence-corrected chi connectivity index (χ3v) is 4.22. The molecule has 1 atom stereocenters. The molecule has 2 rings (SSSR count). The number of nitrogens with zero attached hydrogens (tertiary/aromatic N) is 2. The van der Waals surface area contributed by atoms with E-state index in [2.05, 4.69) is 41.2 Å². The largest absolute Gasteiger partial charge is 0.273 e. The molecule has 2 heterocycles. The molecule has 2 aromatic rings. The van der Waals surface area contributed by atoms with Crippen LogP contribution in [-0.4, -0.2) is 15.8 Å². The number of hydrogen-bond acceptors (Lipinski definition) is 4. The minimum Gasteiger partial charge on any atom is -0.273 e. The SMILES string of the molecule is CCn1cc(CC(CCCc2cccs2)NN)cn1. The lowest BCUT2D eigenvalue weighted by molar-refractivity contribution is 0.477. The second-order valence-electron chi connectivity index (χ2n) is 4.74. The first-order chi connectivity index (χ1) is 9.31. The highest BCUT2D eigenvalue weighted by atomic mass is 32.1. The minimum absolute atomic E-state index is 0.328. The summed E-state index contributed by atoms with van der Waals surface area (Å²) >= 11 is 1.83. The summed E-state index contributed by atoms with van der Waals surface area (Å²) < 4.78 is 1.95. The van der Waals surface area contributed by atoms with Crippen molar-refractivity contribution >= 4 is 11.3 Å². The summed E-state index contributed by atoms with van der Waals surface area (Å²) in [6, 6.07) is 4.63. The predicted octanol–water partition coefficient (Wildman–Crippen LogP) is 2.36. The molecular formula is C14H22N4S. The summed E-state index contributed by atoms with van der Waals surface area (Å²) in [6.45, 7) is 3.01. The van der Waals surface area contributed by atoms with Gasteiger partial charge in [0.25, 0.3) is 0 Å². The molecule has 19 heavy (non-hydrogen) atoms. The zero-order valence-corrected chi connectivity index (χ0v) is 12.2. The van der Waals surface area contributed by atoms with Crippen molar-refractivity contribution in [2.45, 2.75) is 45.2 Å². The van der Waals surface area contributed by atoms with Crippen molar-refractivity contribution in [2.75, 3.05) is 0 Å². The monoisotopic (exact) mass is 278 g/mol. The fourth-order valence-electron chi connectivity index (χ4n) is 2.19. The van der Waals surface area contributed by atoms with Gasteiger partial charge in [-0.3, -0.25) is 16.0 Å². The first-order valence-corrected chi connectivity index (χ1v) is 7.69. The van der Waals surface area contributed by atoms with Crippen LogP contribution in [0.3, 0.4) is 0 Å². The highest BCUT2D eigenvalue weighted by Crippen LogP contribution is 2.14. The number of thiophene rings is 1. The summed E-state index contributed by atoms with van der Waals surface area (Å²) in [5, 5.41) is 6.42. The van der Waals surface area contributed by atoms with Gasteiger partial charge in [0, 0.05) is 23.7 Å². The Morgan fingerprint density at radius 1 is 1.53 bits per heavy atom. The fourth-order valence-corrected chi connectivity index (χ4v) is 2.94. The van der Waals surface area contributed by atoms with Crippen LogP contribution in [-0.2, 0) is 19.4 Å². The molecular weight excluding hydrogens is 256 g/mol. The molecule has 0 aliphatic carbocycles. The van der Waals surface area contributed by atoms with Gasteiger partial charge in [0.1, 0.15) is 0 Å². The molecule has 4 nitrogen and oxygen atoms in total. The Bertz CT molecular complexity index is 464. The van der Waals surface area contributed by atoms with Gasteiger partial charge in [-0.15, -0.1) is 11.3 Å². The van der Waals surface area contributed by atoms with E-state index in [1.807, 2.05) is 22.2 Å². The lowest BCUT2D eigenvalue weighted by atomic mass is 10.0. The first kappa shape index (κ1) is 14.2. The normalized spacial score (nSPS) is 12.7. The minimum atomic E-state index is 0.328. The average Bonchev–Trinajstić information content (AvgIpc) is 3.08. The third-order valence-electron chi connectivity index (χ3n) is 3.28. The average molecular weight is 278 g/mol. The molecule has 0 fully saturated rings. The molecule has 1 unspecified atom stereocenters. The second-order valence-corrected chi connectivity index (χ2v) is 5.78. The van der Waals surface area contributed by atoms with Crippen molar-refractivity contribution in [3.05, 3.63) is 40.3 Å². The highest BCUT2D eigenvalue weighted by molar-refractivity contribution is 7.09. The number of aromatic nitrogens is 2. The van der Waals surface area contributed by atoms with E-state index in [1.165, 1.54) is 10.4 Å². The Hall–Kier alpha value is -1.17. The summed E-state index contributed by atoms with van der Waals surface area (Å²) in [6.07, 6.45) is 8.38. The zero-order chi connectivity index (χ0) is 13.5. The highest BCUT2D eigenvalue weighted by Gasteiger charge is 2.09. The van der Waals surface area contributed by atoms with Gasteiger partial charge >= 0.3 is 0 Å². The van der Waals surface area contributed by atoms with Crippen LogP contribution in [0.25, 0.3) is 0 Å². The van der Waals surface area contributed by atoms with Gasteiger partial charge in [-0.05, 0) is 49.6 Å². The Balaban J connectivity index is 1.76. The molecule has 104 valence electrons. The molecule has 0 aliphatic heterocycles. The number of nitrogens with one attached hydrogen (secondary N) is 1. The van der Waals surface area contributed by atoms with E-state index >= 15 is 0 Å². The molecule has 0 saturated carbocycles. The van der Waals surface area contributed by atoms with Crippen LogP contribution in [0.2, 0.25) is 0 Å². The van der Waals surface area contributed by atoms with Crippen molar-refractivity contribution in [3.8, 4) is 0 Å². The van der Waals surface area contributed by atoms with Crippen LogP contribution >= 0.6 is 11.3 Å². The standard InChI is InChI=1S/C14H22N4S/c1-2-18-11-12(10-16-18)9-13(17-15)5-3-6-14-7-4-8-19-14/h4,7-8,10-11,13,17H,2-3,5-6,9,15H2,1H3. The van der Waals surface area contributed by atoms with Crippen molar-refractivity contribution < 1.29 is 0 Å². The Morgan fingerprint density at radius 2 is 2.42 bits per heavy atom. The summed E-state index contributed by atoms with van der Waals surface area (Å²) in [4.78, 5) is 1.45. The van der Waals surface area contributed by atoms with E-state index in [4.69, 9.17) is 5.84 Å². The Kier molecular flexibility index (Phi) is 5.57. The molecule has 3 N–H and O–H groups in total. The maximum Gasteiger partial charge on any atom is 0.0522 e. The van der Waals surface area contributed by atoms with Gasteiger partial charge in [0.15, 0.2) is 0 Å². The van der Waals surface area contributed by atoms with Crippen molar-refractivity contribution in [2.24, 2.45) is 5.84 Å². The van der Waals surface area contributed by atoms with Crippen LogP contribution in [0, 0.1) is 0 Å². The topological polar surface area (TPSA) is 55.9 Å². The van der Waals surface area contributed by atoms with Crippen molar-refractivity contribution in [1.29, 1.82) is 0 Å². The lowest BCUT2D eigenvalue weighted by Gasteiger charge is -2.14. The molecule has 5 heteroatoms. The second kappa shape index (κ2) is 7.43. The van der Waals surface area contributed by atoms with Crippen molar-refractivity contribution in [3.63, 3.8) is 0 Å². The van der Waals surface area contributed by atoms with E-state index in [1.54, 1.807) is 0 Å². The quantitative estimate of drug-likeness (QED) is 0.576.